The fraction of sp³-hybridized carbons (Fsp3) is 0.200. The Morgan fingerprint density at radius 3 is 0.758 bits per heavy atom. The topological polar surface area (TPSA) is 27.7 Å². The van der Waals surface area contributed by atoms with E-state index in [0.29, 0.717) is 0 Å². The minimum Gasteiger partial charge on any atom is -0.497 e. The van der Waals surface area contributed by atoms with Crippen molar-refractivity contribution in [3.05, 3.63) is 108 Å². The molecule has 0 N–H and O–H groups in total. The summed E-state index contributed by atoms with van der Waals surface area (Å²) in [6.07, 6.45) is 12.2. The van der Waals surface area contributed by atoms with Crippen LogP contribution in [-0.2, 0) is 0 Å². The van der Waals surface area contributed by atoms with Gasteiger partial charge < -0.3 is 14.2 Å². The summed E-state index contributed by atoms with van der Waals surface area (Å²) in [5.41, 5.74) is 3.61. The first kappa shape index (κ1) is 27.3. The van der Waals surface area contributed by atoms with E-state index in [0.717, 1.165) is 17.2 Å². The normalized spacial score (nSPS) is 10.4. The predicted octanol–water partition coefficient (Wildman–Crippen LogP) is 8.18. The highest BCUT2D eigenvalue weighted by molar-refractivity contribution is 5.51. The van der Waals surface area contributed by atoms with Gasteiger partial charge in [0.2, 0.25) is 0 Å². The van der Waals surface area contributed by atoms with Crippen LogP contribution in [0.4, 0.5) is 0 Å². The number of allylic oxidation sites excluding steroid dienone is 3. The Kier molecular flexibility index (Phi) is 14.0. The Hall–Kier alpha value is -3.72. The first-order valence-electron chi connectivity index (χ1n) is 10.9. The van der Waals surface area contributed by atoms with Crippen LogP contribution in [0, 0.1) is 0 Å². The van der Waals surface area contributed by atoms with Gasteiger partial charge in [0.25, 0.3) is 0 Å². The quantitative estimate of drug-likeness (QED) is 0.383. The van der Waals surface area contributed by atoms with E-state index in [1.165, 1.54) is 16.7 Å². The van der Waals surface area contributed by atoms with Crippen molar-refractivity contribution in [3.63, 3.8) is 0 Å². The lowest BCUT2D eigenvalue weighted by Gasteiger charge is -1.98. The summed E-state index contributed by atoms with van der Waals surface area (Å²) in [5, 5.41) is 0. The van der Waals surface area contributed by atoms with Gasteiger partial charge in [-0.1, -0.05) is 72.9 Å². The average Bonchev–Trinajstić information content (AvgIpc) is 2.87. The molecule has 3 rings (SSSR count). The summed E-state index contributed by atoms with van der Waals surface area (Å²) in [7, 11) is 5.01. The van der Waals surface area contributed by atoms with Gasteiger partial charge in [0.05, 0.1) is 21.3 Å². The molecule has 3 aromatic rings. The van der Waals surface area contributed by atoms with Crippen molar-refractivity contribution in [2.75, 3.05) is 21.3 Å². The van der Waals surface area contributed by atoms with Gasteiger partial charge in [-0.25, -0.2) is 0 Å². The van der Waals surface area contributed by atoms with E-state index in [9.17, 15) is 0 Å². The maximum absolute atomic E-state index is 5.02. The van der Waals surface area contributed by atoms with Gasteiger partial charge in [-0.3, -0.25) is 0 Å². The lowest BCUT2D eigenvalue weighted by atomic mass is 10.2. The largest absolute Gasteiger partial charge is 0.497 e. The summed E-state index contributed by atoms with van der Waals surface area (Å²) in [4.78, 5) is 0. The molecule has 0 saturated carbocycles. The van der Waals surface area contributed by atoms with Crippen molar-refractivity contribution in [2.45, 2.75) is 20.8 Å². The Bertz CT molecular complexity index is 833. The maximum atomic E-state index is 5.02. The SMILES string of the molecule is C/C=C/c1ccc(OC)cc1.C/C=C/c1ccc(OC)cc1.C/C=C/c1ccc(OC)cc1. The molecule has 174 valence electrons. The number of benzene rings is 3. The monoisotopic (exact) mass is 444 g/mol. The summed E-state index contributed by atoms with van der Waals surface area (Å²) in [5.74, 6) is 2.70. The number of ether oxygens (including phenoxy) is 3. The molecule has 3 aromatic carbocycles. The standard InChI is InChI=1S/3C10H12O/c3*1-3-4-9-5-7-10(11-2)8-6-9/h3*3-8H,1-2H3/b3*4-3+. The molecule has 0 aromatic heterocycles. The lowest BCUT2D eigenvalue weighted by molar-refractivity contribution is 0.414. The van der Waals surface area contributed by atoms with Crippen LogP contribution in [-0.4, -0.2) is 21.3 Å². The van der Waals surface area contributed by atoms with E-state index >= 15 is 0 Å². The van der Waals surface area contributed by atoms with E-state index in [2.05, 4.69) is 18.2 Å². The van der Waals surface area contributed by atoms with Gasteiger partial charge in [-0.15, -0.1) is 0 Å². The van der Waals surface area contributed by atoms with Crippen LogP contribution >= 0.6 is 0 Å². The third kappa shape index (κ3) is 11.5. The molecule has 0 spiro atoms. The van der Waals surface area contributed by atoms with Gasteiger partial charge >= 0.3 is 0 Å². The molecule has 0 amide bonds. The molecule has 0 unspecified atom stereocenters. The fourth-order valence-corrected chi connectivity index (χ4v) is 2.72. The molecule has 0 atom stereocenters. The Morgan fingerprint density at radius 1 is 0.394 bits per heavy atom. The van der Waals surface area contributed by atoms with Crippen molar-refractivity contribution in [3.8, 4) is 17.2 Å². The first-order chi connectivity index (χ1) is 16.1. The van der Waals surface area contributed by atoms with E-state index in [4.69, 9.17) is 14.2 Å². The molecule has 3 nitrogen and oxygen atoms in total. The number of hydrogen-bond donors (Lipinski definition) is 0. The number of methoxy groups -OCH3 is 3. The van der Waals surface area contributed by atoms with Crippen molar-refractivity contribution >= 4 is 18.2 Å². The van der Waals surface area contributed by atoms with Crippen molar-refractivity contribution in [1.82, 2.24) is 0 Å². The highest BCUT2D eigenvalue weighted by Gasteiger charge is 1.89. The fourth-order valence-electron chi connectivity index (χ4n) is 2.72. The van der Waals surface area contributed by atoms with Gasteiger partial charge in [-0.05, 0) is 73.9 Å². The average molecular weight is 445 g/mol. The highest BCUT2D eigenvalue weighted by atomic mass is 16.5. The van der Waals surface area contributed by atoms with Gasteiger partial charge in [-0.2, -0.15) is 0 Å². The van der Waals surface area contributed by atoms with Crippen LogP contribution in [0.15, 0.2) is 91.0 Å². The molecule has 0 fully saturated rings. The lowest BCUT2D eigenvalue weighted by Crippen LogP contribution is -1.80. The molecule has 0 heterocycles. The van der Waals surface area contributed by atoms with Crippen LogP contribution in [0.2, 0.25) is 0 Å². The van der Waals surface area contributed by atoms with E-state index in [-0.39, 0.29) is 0 Å². The maximum Gasteiger partial charge on any atom is 0.118 e. The summed E-state index contributed by atoms with van der Waals surface area (Å²) < 4.78 is 15.1. The minimum absolute atomic E-state index is 0.901. The molecule has 0 aliphatic heterocycles. The van der Waals surface area contributed by atoms with Crippen LogP contribution in [0.1, 0.15) is 37.5 Å². The third-order valence-corrected chi connectivity index (χ3v) is 4.42. The predicted molar refractivity (Wildman–Crippen MR) is 143 cm³/mol. The van der Waals surface area contributed by atoms with E-state index < -0.39 is 0 Å². The zero-order valence-corrected chi connectivity index (χ0v) is 20.6. The molecular weight excluding hydrogens is 408 g/mol. The molecule has 0 saturated heterocycles. The second kappa shape index (κ2) is 16.9. The highest BCUT2D eigenvalue weighted by Crippen LogP contribution is 2.13. The zero-order valence-electron chi connectivity index (χ0n) is 20.6. The van der Waals surface area contributed by atoms with Crippen LogP contribution in [0.3, 0.4) is 0 Å². The van der Waals surface area contributed by atoms with Gasteiger partial charge in [0.15, 0.2) is 0 Å². The Labute approximate surface area is 199 Å². The molecular formula is C30H36O3. The van der Waals surface area contributed by atoms with Crippen molar-refractivity contribution < 1.29 is 14.2 Å². The van der Waals surface area contributed by atoms with Crippen LogP contribution < -0.4 is 14.2 Å². The summed E-state index contributed by atoms with van der Waals surface area (Å²) in [6, 6.07) is 23.9. The van der Waals surface area contributed by atoms with Crippen LogP contribution in [0.25, 0.3) is 18.2 Å². The van der Waals surface area contributed by atoms with Crippen molar-refractivity contribution in [2.24, 2.45) is 0 Å². The first-order valence-corrected chi connectivity index (χ1v) is 10.9. The Balaban J connectivity index is 0.000000247. The van der Waals surface area contributed by atoms with E-state index in [1.54, 1.807) is 21.3 Å². The number of hydrogen-bond acceptors (Lipinski definition) is 3. The molecule has 0 bridgehead atoms. The summed E-state index contributed by atoms with van der Waals surface area (Å²) in [6.45, 7) is 6.01. The molecule has 0 radical (unpaired) electrons. The molecule has 3 heteroatoms. The zero-order chi connectivity index (χ0) is 24.3. The van der Waals surface area contributed by atoms with Crippen molar-refractivity contribution in [1.29, 1.82) is 0 Å². The minimum atomic E-state index is 0.901. The second-order valence-corrected chi connectivity index (χ2v) is 6.82. The Morgan fingerprint density at radius 2 is 0.606 bits per heavy atom. The second-order valence-electron chi connectivity index (χ2n) is 6.82. The van der Waals surface area contributed by atoms with Gasteiger partial charge in [0, 0.05) is 0 Å². The molecule has 0 aliphatic carbocycles. The summed E-state index contributed by atoms with van der Waals surface area (Å²) >= 11 is 0. The van der Waals surface area contributed by atoms with Crippen LogP contribution in [0.5, 0.6) is 17.2 Å². The molecule has 0 aliphatic rings. The molecule has 33 heavy (non-hydrogen) atoms. The third-order valence-electron chi connectivity index (χ3n) is 4.42. The van der Waals surface area contributed by atoms with Gasteiger partial charge in [0.1, 0.15) is 17.2 Å². The van der Waals surface area contributed by atoms with E-state index in [1.807, 2.05) is 112 Å². The number of rotatable bonds is 6. The smallest absolute Gasteiger partial charge is 0.118 e.